The molecule has 2 aliphatic rings. The number of hydrogen-bond acceptors (Lipinski definition) is 4. The maximum atomic E-state index is 12.9. The number of rotatable bonds is 7. The summed E-state index contributed by atoms with van der Waals surface area (Å²) in [6.45, 7) is 9.88. The lowest BCUT2D eigenvalue weighted by molar-refractivity contribution is -0.133. The Balaban J connectivity index is 1.18. The molecule has 1 unspecified atom stereocenters. The minimum atomic E-state index is -0.170. The number of carbonyl (C=O) groups excluding carboxylic acids is 2. The van der Waals surface area contributed by atoms with E-state index in [4.69, 9.17) is 0 Å². The van der Waals surface area contributed by atoms with Crippen molar-refractivity contribution in [2.24, 2.45) is 0 Å². The van der Waals surface area contributed by atoms with E-state index < -0.39 is 0 Å². The largest absolute Gasteiger partial charge is 0.352 e. The third-order valence-electron chi connectivity index (χ3n) is 7.38. The molecular weight excluding hydrogens is 424 g/mol. The molecule has 2 aromatic rings. The minimum Gasteiger partial charge on any atom is -0.352 e. The fourth-order valence-electron chi connectivity index (χ4n) is 5.01. The number of aryl methyl sites for hydroxylation is 1. The number of piperazine rings is 1. The number of piperidine rings is 1. The van der Waals surface area contributed by atoms with Gasteiger partial charge in [-0.3, -0.25) is 19.4 Å². The molecule has 6 nitrogen and oxygen atoms in total. The van der Waals surface area contributed by atoms with Gasteiger partial charge in [0.05, 0.1) is 12.5 Å². The molecule has 34 heavy (non-hydrogen) atoms. The molecule has 2 aliphatic heterocycles. The highest BCUT2D eigenvalue weighted by atomic mass is 16.2. The van der Waals surface area contributed by atoms with Crippen LogP contribution in [0.4, 0.5) is 0 Å². The van der Waals surface area contributed by atoms with E-state index in [0.717, 1.165) is 56.7 Å². The lowest BCUT2D eigenvalue weighted by Gasteiger charge is -2.38. The highest BCUT2D eigenvalue weighted by molar-refractivity contribution is 5.82. The first-order valence-electron chi connectivity index (χ1n) is 12.6. The summed E-state index contributed by atoms with van der Waals surface area (Å²) in [7, 11) is 0. The van der Waals surface area contributed by atoms with E-state index in [1.165, 1.54) is 5.56 Å². The van der Waals surface area contributed by atoms with Crippen molar-refractivity contribution >= 4 is 11.8 Å². The Labute approximate surface area is 203 Å². The Morgan fingerprint density at radius 2 is 1.56 bits per heavy atom. The van der Waals surface area contributed by atoms with Crippen LogP contribution in [-0.2, 0) is 22.6 Å². The van der Waals surface area contributed by atoms with Crippen molar-refractivity contribution in [1.29, 1.82) is 0 Å². The fraction of sp³-hybridized carbons (Fsp3) is 0.500. The topological polar surface area (TPSA) is 55.9 Å². The zero-order valence-electron chi connectivity index (χ0n) is 20.6. The maximum Gasteiger partial charge on any atom is 0.237 e. The summed E-state index contributed by atoms with van der Waals surface area (Å²) in [4.78, 5) is 32.3. The number of benzene rings is 2. The Bertz CT molecular complexity index is 948. The SMILES string of the molecule is Cc1ccccc1CC(=O)N1CCN(C(C)C(=O)NC2CCN(Cc3ccccc3)CC2)CC1. The second-order valence-corrected chi connectivity index (χ2v) is 9.74. The average Bonchev–Trinajstić information content (AvgIpc) is 2.87. The van der Waals surface area contributed by atoms with Crippen molar-refractivity contribution in [1.82, 2.24) is 20.0 Å². The van der Waals surface area contributed by atoms with Crippen LogP contribution in [0.3, 0.4) is 0 Å². The van der Waals surface area contributed by atoms with Gasteiger partial charge in [0.25, 0.3) is 0 Å². The molecule has 2 aromatic carbocycles. The van der Waals surface area contributed by atoms with Gasteiger partial charge < -0.3 is 10.2 Å². The summed E-state index contributed by atoms with van der Waals surface area (Å²) in [5, 5.41) is 3.29. The van der Waals surface area contributed by atoms with Crippen LogP contribution in [0.2, 0.25) is 0 Å². The summed E-state index contributed by atoms with van der Waals surface area (Å²) in [6, 6.07) is 18.7. The van der Waals surface area contributed by atoms with E-state index in [9.17, 15) is 9.59 Å². The monoisotopic (exact) mass is 462 g/mol. The summed E-state index contributed by atoms with van der Waals surface area (Å²) in [6.07, 6.45) is 2.44. The van der Waals surface area contributed by atoms with Crippen molar-refractivity contribution in [3.8, 4) is 0 Å². The molecule has 4 rings (SSSR count). The van der Waals surface area contributed by atoms with Gasteiger partial charge in [0, 0.05) is 51.9 Å². The Morgan fingerprint density at radius 1 is 0.912 bits per heavy atom. The van der Waals surface area contributed by atoms with Crippen molar-refractivity contribution in [3.63, 3.8) is 0 Å². The molecule has 0 aliphatic carbocycles. The summed E-state index contributed by atoms with van der Waals surface area (Å²) >= 11 is 0. The highest BCUT2D eigenvalue weighted by Gasteiger charge is 2.29. The lowest BCUT2D eigenvalue weighted by Crippen LogP contribution is -2.56. The van der Waals surface area contributed by atoms with Crippen LogP contribution in [0.5, 0.6) is 0 Å². The van der Waals surface area contributed by atoms with Gasteiger partial charge in [-0.05, 0) is 43.4 Å². The molecule has 1 N–H and O–H groups in total. The molecule has 0 radical (unpaired) electrons. The van der Waals surface area contributed by atoms with Gasteiger partial charge in [-0.1, -0.05) is 54.6 Å². The number of hydrogen-bond donors (Lipinski definition) is 1. The van der Waals surface area contributed by atoms with Gasteiger partial charge >= 0.3 is 0 Å². The Hall–Kier alpha value is -2.70. The highest BCUT2D eigenvalue weighted by Crippen LogP contribution is 2.16. The zero-order chi connectivity index (χ0) is 23.9. The minimum absolute atomic E-state index is 0.112. The molecule has 0 aromatic heterocycles. The number of nitrogens with one attached hydrogen (secondary N) is 1. The zero-order valence-corrected chi connectivity index (χ0v) is 20.6. The third kappa shape index (κ3) is 6.45. The van der Waals surface area contributed by atoms with Crippen LogP contribution in [0.25, 0.3) is 0 Å². The quantitative estimate of drug-likeness (QED) is 0.688. The van der Waals surface area contributed by atoms with Crippen LogP contribution >= 0.6 is 0 Å². The predicted molar refractivity (Wildman–Crippen MR) is 135 cm³/mol. The van der Waals surface area contributed by atoms with E-state index in [1.807, 2.05) is 43.0 Å². The molecule has 1 atom stereocenters. The first-order valence-corrected chi connectivity index (χ1v) is 12.6. The maximum absolute atomic E-state index is 12.9. The number of carbonyl (C=O) groups is 2. The molecule has 0 bridgehead atoms. The van der Waals surface area contributed by atoms with Crippen LogP contribution in [0, 0.1) is 6.92 Å². The van der Waals surface area contributed by atoms with Crippen LogP contribution in [0.1, 0.15) is 36.5 Å². The molecule has 2 heterocycles. The summed E-state index contributed by atoms with van der Waals surface area (Å²) in [5.41, 5.74) is 3.60. The van der Waals surface area contributed by atoms with Gasteiger partial charge in [0.1, 0.15) is 0 Å². The molecular formula is C28H38N4O2. The van der Waals surface area contributed by atoms with Gasteiger partial charge in [-0.25, -0.2) is 0 Å². The molecule has 0 saturated carbocycles. The first kappa shape index (κ1) is 24.4. The van der Waals surface area contributed by atoms with E-state index in [0.29, 0.717) is 19.5 Å². The van der Waals surface area contributed by atoms with Crippen molar-refractivity contribution in [2.45, 2.75) is 51.7 Å². The molecule has 182 valence electrons. The van der Waals surface area contributed by atoms with Gasteiger partial charge in [0.2, 0.25) is 11.8 Å². The molecule has 6 heteroatoms. The van der Waals surface area contributed by atoms with E-state index >= 15 is 0 Å². The van der Waals surface area contributed by atoms with Crippen LogP contribution in [0.15, 0.2) is 54.6 Å². The Morgan fingerprint density at radius 3 is 2.24 bits per heavy atom. The first-order chi connectivity index (χ1) is 16.5. The summed E-state index contributed by atoms with van der Waals surface area (Å²) in [5.74, 6) is 0.287. The second kappa shape index (κ2) is 11.6. The van der Waals surface area contributed by atoms with Crippen LogP contribution in [-0.4, -0.2) is 77.9 Å². The smallest absolute Gasteiger partial charge is 0.237 e. The number of amides is 2. The van der Waals surface area contributed by atoms with Gasteiger partial charge in [-0.15, -0.1) is 0 Å². The van der Waals surface area contributed by atoms with Crippen molar-refractivity contribution < 1.29 is 9.59 Å². The fourth-order valence-corrected chi connectivity index (χ4v) is 5.01. The number of likely N-dealkylation sites (tertiary alicyclic amines) is 1. The van der Waals surface area contributed by atoms with Crippen molar-refractivity contribution in [3.05, 3.63) is 71.3 Å². The number of nitrogens with zero attached hydrogens (tertiary/aromatic N) is 3. The van der Waals surface area contributed by atoms with Crippen LogP contribution < -0.4 is 5.32 Å². The summed E-state index contributed by atoms with van der Waals surface area (Å²) < 4.78 is 0. The van der Waals surface area contributed by atoms with Gasteiger partial charge in [0.15, 0.2) is 0 Å². The average molecular weight is 463 g/mol. The predicted octanol–water partition coefficient (Wildman–Crippen LogP) is 2.85. The third-order valence-corrected chi connectivity index (χ3v) is 7.38. The second-order valence-electron chi connectivity index (χ2n) is 9.74. The lowest BCUT2D eigenvalue weighted by atomic mass is 10.0. The Kier molecular flexibility index (Phi) is 8.35. The van der Waals surface area contributed by atoms with Gasteiger partial charge in [-0.2, -0.15) is 0 Å². The molecule has 2 fully saturated rings. The van der Waals surface area contributed by atoms with E-state index in [-0.39, 0.29) is 23.9 Å². The standard InChI is InChI=1S/C28H38N4O2/c1-22-8-6-7-11-25(22)20-27(33)32-18-16-31(17-19-32)23(2)28(34)29-26-12-14-30(15-13-26)21-24-9-4-3-5-10-24/h3-11,23,26H,12-21H2,1-2H3,(H,29,34). The normalized spacial score (nSPS) is 19.1. The van der Waals surface area contributed by atoms with E-state index in [2.05, 4.69) is 45.4 Å². The van der Waals surface area contributed by atoms with E-state index in [1.54, 1.807) is 0 Å². The molecule has 0 spiro atoms. The molecule has 2 saturated heterocycles. The molecule has 2 amide bonds. The van der Waals surface area contributed by atoms with Crippen molar-refractivity contribution in [2.75, 3.05) is 39.3 Å².